The third-order valence-electron chi connectivity index (χ3n) is 6.52. The molecule has 8 heteroatoms. The van der Waals surface area contributed by atoms with Gasteiger partial charge in [-0.3, -0.25) is 14.8 Å². The highest BCUT2D eigenvalue weighted by atomic mass is 16.2. The number of carbonyl (C=O) groups excluding carboxylic acids is 1. The van der Waals surface area contributed by atoms with E-state index in [0.717, 1.165) is 63.9 Å². The van der Waals surface area contributed by atoms with Crippen molar-refractivity contribution in [2.75, 3.05) is 24.2 Å². The average molecular weight is 464 g/mol. The normalized spacial score (nSPS) is 16.1. The first-order valence-corrected chi connectivity index (χ1v) is 11.7. The molecule has 0 aliphatic carbocycles. The van der Waals surface area contributed by atoms with E-state index < -0.39 is 0 Å². The van der Waals surface area contributed by atoms with E-state index in [0.29, 0.717) is 5.82 Å². The first-order valence-electron chi connectivity index (χ1n) is 11.7. The molecule has 1 amide bonds. The molecule has 0 spiro atoms. The van der Waals surface area contributed by atoms with Crippen molar-refractivity contribution < 1.29 is 4.79 Å². The number of hydrogen-bond donors (Lipinski definition) is 3. The number of para-hydroxylation sites is 1. The van der Waals surface area contributed by atoms with Gasteiger partial charge in [0, 0.05) is 27.7 Å². The lowest BCUT2D eigenvalue weighted by Gasteiger charge is -2.18. The van der Waals surface area contributed by atoms with Crippen molar-refractivity contribution in [2.24, 2.45) is 0 Å². The van der Waals surface area contributed by atoms with E-state index in [9.17, 15) is 4.79 Å². The first-order chi connectivity index (χ1) is 17.1. The Labute approximate surface area is 202 Å². The number of amides is 1. The summed E-state index contributed by atoms with van der Waals surface area (Å²) in [5.41, 5.74) is 4.30. The largest absolute Gasteiger partial charge is 0.340 e. The maximum absolute atomic E-state index is 12.8. The van der Waals surface area contributed by atoms with Crippen molar-refractivity contribution >= 4 is 44.9 Å². The van der Waals surface area contributed by atoms with Gasteiger partial charge in [-0.25, -0.2) is 9.97 Å². The average Bonchev–Trinajstić information content (AvgIpc) is 3.52. The summed E-state index contributed by atoms with van der Waals surface area (Å²) in [5, 5.41) is 15.5. The number of carbonyl (C=O) groups is 1. The molecule has 0 unspecified atom stereocenters. The van der Waals surface area contributed by atoms with Crippen LogP contribution in [0.1, 0.15) is 12.8 Å². The van der Waals surface area contributed by atoms with Crippen molar-refractivity contribution in [1.82, 2.24) is 25.1 Å². The second-order valence-electron chi connectivity index (χ2n) is 8.92. The maximum Gasteiger partial charge on any atom is 0.241 e. The third kappa shape index (κ3) is 4.20. The quantitative estimate of drug-likeness (QED) is 0.341. The van der Waals surface area contributed by atoms with Crippen LogP contribution in [-0.4, -0.2) is 50.6 Å². The molecule has 1 aliphatic heterocycles. The van der Waals surface area contributed by atoms with E-state index in [-0.39, 0.29) is 11.9 Å². The van der Waals surface area contributed by atoms with E-state index in [1.54, 1.807) is 6.20 Å². The Hall–Kier alpha value is -4.30. The second kappa shape index (κ2) is 8.81. The van der Waals surface area contributed by atoms with Crippen LogP contribution < -0.4 is 10.6 Å². The number of aromatic amines is 1. The minimum absolute atomic E-state index is 0.0265. The molecule has 1 fully saturated rings. The van der Waals surface area contributed by atoms with Crippen molar-refractivity contribution in [3.63, 3.8) is 0 Å². The van der Waals surface area contributed by atoms with E-state index in [4.69, 9.17) is 9.97 Å². The van der Waals surface area contributed by atoms with E-state index in [2.05, 4.69) is 25.7 Å². The fourth-order valence-electron chi connectivity index (χ4n) is 4.66. The number of rotatable bonds is 5. The lowest BCUT2D eigenvalue weighted by atomic mass is 10.1. The number of likely N-dealkylation sites (N-methyl/N-ethyl adjacent to an activating group) is 1. The Morgan fingerprint density at radius 2 is 1.94 bits per heavy atom. The number of fused-ring (bicyclic) bond motifs is 2. The molecule has 35 heavy (non-hydrogen) atoms. The van der Waals surface area contributed by atoms with Crippen molar-refractivity contribution in [2.45, 2.75) is 18.9 Å². The van der Waals surface area contributed by atoms with Gasteiger partial charge in [0.05, 0.1) is 23.3 Å². The third-order valence-corrected chi connectivity index (χ3v) is 6.52. The van der Waals surface area contributed by atoms with Crippen LogP contribution in [0, 0.1) is 0 Å². The van der Waals surface area contributed by atoms with Crippen LogP contribution in [0.15, 0.2) is 72.9 Å². The Morgan fingerprint density at radius 1 is 1.03 bits per heavy atom. The molecule has 3 heterocycles. The molecule has 1 atom stereocenters. The Morgan fingerprint density at radius 3 is 2.83 bits per heavy atom. The molecule has 8 nitrogen and oxygen atoms in total. The minimum Gasteiger partial charge on any atom is -0.340 e. The number of hydrogen-bond acceptors (Lipinski definition) is 6. The lowest BCUT2D eigenvalue weighted by Crippen LogP contribution is -2.37. The number of likely N-dealkylation sites (tertiary alicyclic amines) is 1. The highest BCUT2D eigenvalue weighted by molar-refractivity contribution is 5.96. The van der Waals surface area contributed by atoms with E-state index in [1.165, 1.54) is 0 Å². The molecule has 5 aromatic rings. The van der Waals surface area contributed by atoms with E-state index in [1.807, 2.05) is 73.8 Å². The Balaban J connectivity index is 1.34. The van der Waals surface area contributed by atoms with Crippen LogP contribution >= 0.6 is 0 Å². The van der Waals surface area contributed by atoms with Gasteiger partial charge >= 0.3 is 0 Å². The van der Waals surface area contributed by atoms with Gasteiger partial charge in [-0.05, 0) is 68.9 Å². The van der Waals surface area contributed by atoms with Crippen LogP contribution in [0.4, 0.5) is 17.2 Å². The van der Waals surface area contributed by atoms with Crippen LogP contribution in [0.2, 0.25) is 0 Å². The minimum atomic E-state index is -0.0843. The van der Waals surface area contributed by atoms with Gasteiger partial charge in [0.25, 0.3) is 0 Å². The molecule has 0 radical (unpaired) electrons. The second-order valence-corrected chi connectivity index (χ2v) is 8.92. The topological polar surface area (TPSA) is 98.8 Å². The smallest absolute Gasteiger partial charge is 0.241 e. The van der Waals surface area contributed by atoms with Crippen molar-refractivity contribution in [3.05, 3.63) is 72.9 Å². The molecule has 1 aliphatic rings. The summed E-state index contributed by atoms with van der Waals surface area (Å²) in [6.45, 7) is 0.951. The van der Waals surface area contributed by atoms with Crippen LogP contribution in [-0.2, 0) is 4.79 Å². The summed E-state index contributed by atoms with van der Waals surface area (Å²) in [5.74, 6) is 1.33. The monoisotopic (exact) mass is 463 g/mol. The summed E-state index contributed by atoms with van der Waals surface area (Å²) in [6.07, 6.45) is 3.73. The lowest BCUT2D eigenvalue weighted by molar-refractivity contribution is -0.119. The molecule has 3 N–H and O–H groups in total. The van der Waals surface area contributed by atoms with Gasteiger partial charge in [0.1, 0.15) is 5.82 Å². The number of benzene rings is 3. The highest BCUT2D eigenvalue weighted by Crippen LogP contribution is 2.29. The fourth-order valence-corrected chi connectivity index (χ4v) is 4.66. The SMILES string of the molecule is CN1CCC[C@H]1C(=O)Nc1cccc(-c2nc(Nc3ccc4[nH]ncc4c3)c3ccccc3n2)c1. The molecular weight excluding hydrogens is 438 g/mol. The predicted molar refractivity (Wildman–Crippen MR) is 139 cm³/mol. The summed E-state index contributed by atoms with van der Waals surface area (Å²) < 4.78 is 0. The van der Waals surface area contributed by atoms with Gasteiger partial charge in [-0.15, -0.1) is 0 Å². The van der Waals surface area contributed by atoms with Crippen LogP contribution in [0.3, 0.4) is 0 Å². The number of anilines is 3. The Kier molecular flexibility index (Phi) is 5.35. The van der Waals surface area contributed by atoms with Gasteiger partial charge in [0.15, 0.2) is 5.82 Å². The molecule has 1 saturated heterocycles. The number of aromatic nitrogens is 4. The van der Waals surface area contributed by atoms with Gasteiger partial charge in [-0.1, -0.05) is 24.3 Å². The zero-order valence-electron chi connectivity index (χ0n) is 19.3. The summed E-state index contributed by atoms with van der Waals surface area (Å²) in [4.78, 5) is 24.6. The van der Waals surface area contributed by atoms with Crippen molar-refractivity contribution in [3.8, 4) is 11.4 Å². The predicted octanol–water partition coefficient (Wildman–Crippen LogP) is 4.95. The van der Waals surface area contributed by atoms with Gasteiger partial charge in [0.2, 0.25) is 5.91 Å². The molecule has 3 aromatic carbocycles. The summed E-state index contributed by atoms with van der Waals surface area (Å²) >= 11 is 0. The molecule has 6 rings (SSSR count). The summed E-state index contributed by atoms with van der Waals surface area (Å²) in [6, 6.07) is 21.6. The number of nitrogens with one attached hydrogen (secondary N) is 3. The zero-order chi connectivity index (χ0) is 23.8. The standard InChI is InChI=1S/C27H25N7O/c1-34-13-5-10-24(34)27(35)30-19-7-4-6-17(14-19)25-31-23-9-3-2-8-21(23)26(32-25)29-20-11-12-22-18(15-20)16-28-33-22/h2-4,6-9,11-12,14-16,24H,5,10,13H2,1H3,(H,28,33)(H,30,35)(H,29,31,32)/t24-/m0/s1. The first kappa shape index (κ1) is 21.2. The zero-order valence-corrected chi connectivity index (χ0v) is 19.3. The van der Waals surface area contributed by atoms with Crippen LogP contribution in [0.25, 0.3) is 33.2 Å². The summed E-state index contributed by atoms with van der Waals surface area (Å²) in [7, 11) is 2.00. The van der Waals surface area contributed by atoms with Gasteiger partial charge < -0.3 is 10.6 Å². The van der Waals surface area contributed by atoms with Crippen molar-refractivity contribution in [1.29, 1.82) is 0 Å². The Bertz CT molecular complexity index is 1540. The molecule has 0 saturated carbocycles. The van der Waals surface area contributed by atoms with Gasteiger partial charge in [-0.2, -0.15) is 5.10 Å². The maximum atomic E-state index is 12.8. The highest BCUT2D eigenvalue weighted by Gasteiger charge is 2.27. The molecule has 174 valence electrons. The fraction of sp³-hybridized carbons (Fsp3) is 0.185. The van der Waals surface area contributed by atoms with Crippen LogP contribution in [0.5, 0.6) is 0 Å². The number of nitrogens with zero attached hydrogens (tertiary/aromatic N) is 4. The molecule has 0 bridgehead atoms. The number of H-pyrrole nitrogens is 1. The molecular formula is C27H25N7O. The molecule has 2 aromatic heterocycles. The van der Waals surface area contributed by atoms with E-state index >= 15 is 0 Å².